The van der Waals surface area contributed by atoms with Gasteiger partial charge in [0.1, 0.15) is 17.5 Å². The van der Waals surface area contributed by atoms with Crippen LogP contribution in [-0.4, -0.2) is 32.9 Å². The summed E-state index contributed by atoms with van der Waals surface area (Å²) in [6.45, 7) is 1.96. The maximum atomic E-state index is 12.3. The van der Waals surface area contributed by atoms with E-state index >= 15 is 0 Å². The van der Waals surface area contributed by atoms with Gasteiger partial charge in [-0.05, 0) is 30.7 Å². The van der Waals surface area contributed by atoms with Gasteiger partial charge in [0.2, 0.25) is 5.78 Å². The van der Waals surface area contributed by atoms with E-state index in [-0.39, 0.29) is 17.5 Å². The van der Waals surface area contributed by atoms with Crippen molar-refractivity contribution in [2.75, 3.05) is 0 Å². The summed E-state index contributed by atoms with van der Waals surface area (Å²) in [7, 11) is 0. The van der Waals surface area contributed by atoms with Crippen molar-refractivity contribution in [3.8, 4) is 5.75 Å². The number of nitrogens with one attached hydrogen (secondary N) is 1. The fourth-order valence-electron chi connectivity index (χ4n) is 2.33. The first kappa shape index (κ1) is 12.4. The third-order valence-electron chi connectivity index (χ3n) is 3.23. The Hall–Kier alpha value is -2.63. The highest BCUT2D eigenvalue weighted by Gasteiger charge is 2.24. The quantitative estimate of drug-likeness (QED) is 0.829. The van der Waals surface area contributed by atoms with Crippen molar-refractivity contribution in [1.29, 1.82) is 0 Å². The Bertz CT molecular complexity index is 705. The number of benzene rings is 1. The van der Waals surface area contributed by atoms with Crippen LogP contribution in [0.3, 0.4) is 0 Å². The molecule has 0 amide bonds. The molecule has 2 N–H and O–H groups in total. The Morgan fingerprint density at radius 1 is 1.45 bits per heavy atom. The molecule has 0 saturated carbocycles. The van der Waals surface area contributed by atoms with E-state index in [1.54, 1.807) is 18.2 Å². The van der Waals surface area contributed by atoms with Gasteiger partial charge < -0.3 is 14.8 Å². The van der Waals surface area contributed by atoms with Crippen molar-refractivity contribution in [3.05, 3.63) is 47.0 Å². The second-order valence-electron chi connectivity index (χ2n) is 4.72. The molecule has 0 spiro atoms. The van der Waals surface area contributed by atoms with Crippen LogP contribution in [0.25, 0.3) is 0 Å². The Balaban J connectivity index is 1.98. The lowest BCUT2D eigenvalue weighted by Crippen LogP contribution is -2.09. The topological polar surface area (TPSA) is 92.3 Å². The number of ketones is 1. The van der Waals surface area contributed by atoms with E-state index < -0.39 is 11.8 Å². The van der Waals surface area contributed by atoms with Gasteiger partial charge in [-0.15, -0.1) is 0 Å². The van der Waals surface area contributed by atoms with Crippen LogP contribution in [0.4, 0.5) is 0 Å². The van der Waals surface area contributed by atoms with E-state index in [1.165, 1.54) is 6.33 Å². The van der Waals surface area contributed by atoms with Crippen molar-refractivity contribution in [3.63, 3.8) is 0 Å². The summed E-state index contributed by atoms with van der Waals surface area (Å²) in [5.74, 6) is -0.843. The molecule has 1 aliphatic heterocycles. The molecule has 2 aromatic rings. The molecule has 0 saturated heterocycles. The molecule has 1 unspecified atom stereocenters. The zero-order valence-electron chi connectivity index (χ0n) is 10.7. The fourth-order valence-corrected chi connectivity index (χ4v) is 2.33. The highest BCUT2D eigenvalue weighted by Crippen LogP contribution is 2.30. The normalized spacial score (nSPS) is 16.6. The van der Waals surface area contributed by atoms with Crippen LogP contribution in [-0.2, 0) is 6.42 Å². The molecular formula is C14H12N2O4. The molecule has 20 heavy (non-hydrogen) atoms. The summed E-state index contributed by atoms with van der Waals surface area (Å²) in [4.78, 5) is 29.6. The highest BCUT2D eigenvalue weighted by molar-refractivity contribution is 6.12. The minimum atomic E-state index is -1.20. The number of ether oxygens (including phenoxy) is 1. The Morgan fingerprint density at radius 2 is 2.25 bits per heavy atom. The average molecular weight is 272 g/mol. The fraction of sp³-hybridized carbons (Fsp3) is 0.214. The number of carbonyl (C=O) groups is 2. The van der Waals surface area contributed by atoms with E-state index in [9.17, 15) is 9.59 Å². The average Bonchev–Trinajstić information content (AvgIpc) is 3.01. The zero-order valence-corrected chi connectivity index (χ0v) is 10.7. The molecule has 1 atom stereocenters. The van der Waals surface area contributed by atoms with Crippen LogP contribution in [0.2, 0.25) is 0 Å². The van der Waals surface area contributed by atoms with Crippen molar-refractivity contribution in [2.24, 2.45) is 0 Å². The molecule has 0 aliphatic carbocycles. The van der Waals surface area contributed by atoms with Crippen LogP contribution in [0, 0.1) is 0 Å². The Labute approximate surface area is 114 Å². The first-order chi connectivity index (χ1) is 9.56. The maximum absolute atomic E-state index is 12.3. The number of aromatic amines is 1. The van der Waals surface area contributed by atoms with Crippen LogP contribution in [0.15, 0.2) is 24.5 Å². The highest BCUT2D eigenvalue weighted by atomic mass is 16.5. The Kier molecular flexibility index (Phi) is 2.78. The summed E-state index contributed by atoms with van der Waals surface area (Å²) in [5, 5.41) is 9.00. The van der Waals surface area contributed by atoms with Crippen LogP contribution in [0.5, 0.6) is 5.75 Å². The molecule has 0 bridgehead atoms. The molecule has 0 fully saturated rings. The second-order valence-corrected chi connectivity index (χ2v) is 4.72. The zero-order chi connectivity index (χ0) is 14.3. The molecule has 6 nitrogen and oxygen atoms in total. The third kappa shape index (κ3) is 1.95. The number of hydrogen-bond acceptors (Lipinski definition) is 4. The largest absolute Gasteiger partial charge is 0.490 e. The van der Waals surface area contributed by atoms with Gasteiger partial charge >= 0.3 is 5.97 Å². The van der Waals surface area contributed by atoms with Crippen LogP contribution < -0.4 is 4.74 Å². The number of hydrogen-bond donors (Lipinski definition) is 2. The lowest BCUT2D eigenvalue weighted by Gasteiger charge is -2.03. The van der Waals surface area contributed by atoms with Crippen molar-refractivity contribution < 1.29 is 19.4 Å². The number of carboxylic acid groups (broad SMARTS) is 1. The van der Waals surface area contributed by atoms with Gasteiger partial charge in [-0.3, -0.25) is 4.79 Å². The maximum Gasteiger partial charge on any atom is 0.354 e. The molecule has 1 aromatic carbocycles. The summed E-state index contributed by atoms with van der Waals surface area (Å²) in [6, 6.07) is 5.10. The molecule has 0 radical (unpaired) electrons. The van der Waals surface area contributed by atoms with Crippen molar-refractivity contribution in [2.45, 2.75) is 19.4 Å². The minimum absolute atomic E-state index is 0.0792. The first-order valence-corrected chi connectivity index (χ1v) is 6.17. The number of nitrogens with zero attached hydrogens (tertiary/aromatic N) is 1. The van der Waals surface area contributed by atoms with Gasteiger partial charge in [0, 0.05) is 12.0 Å². The van der Waals surface area contributed by atoms with E-state index in [1.807, 2.05) is 6.92 Å². The lowest BCUT2D eigenvalue weighted by atomic mass is 10.0. The lowest BCUT2D eigenvalue weighted by molar-refractivity contribution is 0.0687. The van der Waals surface area contributed by atoms with E-state index in [2.05, 4.69) is 9.97 Å². The van der Waals surface area contributed by atoms with Crippen molar-refractivity contribution in [1.82, 2.24) is 9.97 Å². The summed E-state index contributed by atoms with van der Waals surface area (Å²) >= 11 is 0. The van der Waals surface area contributed by atoms with Gasteiger partial charge in [0.15, 0.2) is 5.69 Å². The monoisotopic (exact) mass is 272 g/mol. The number of H-pyrrole nitrogens is 1. The van der Waals surface area contributed by atoms with Gasteiger partial charge in [0.25, 0.3) is 0 Å². The number of carboxylic acids is 1. The first-order valence-electron chi connectivity index (χ1n) is 6.17. The number of aromatic nitrogens is 2. The second kappa shape index (κ2) is 4.48. The molecule has 1 aromatic heterocycles. The number of carbonyl (C=O) groups excluding carboxylic acids is 1. The molecule has 1 aliphatic rings. The molecule has 102 valence electrons. The molecule has 6 heteroatoms. The number of fused-ring (bicyclic) bond motifs is 1. The third-order valence-corrected chi connectivity index (χ3v) is 3.23. The van der Waals surface area contributed by atoms with Crippen LogP contribution >= 0.6 is 0 Å². The molecule has 2 heterocycles. The summed E-state index contributed by atoms with van der Waals surface area (Å²) in [6.07, 6.45) is 2.04. The van der Waals surface area contributed by atoms with Gasteiger partial charge in [-0.1, -0.05) is 0 Å². The predicted molar refractivity (Wildman–Crippen MR) is 69.2 cm³/mol. The summed E-state index contributed by atoms with van der Waals surface area (Å²) < 4.78 is 5.57. The van der Waals surface area contributed by atoms with Crippen molar-refractivity contribution >= 4 is 11.8 Å². The van der Waals surface area contributed by atoms with Gasteiger partial charge in [0.05, 0.1) is 6.33 Å². The smallest absolute Gasteiger partial charge is 0.354 e. The molecule has 3 rings (SSSR count). The van der Waals surface area contributed by atoms with Crippen LogP contribution in [0.1, 0.15) is 39.0 Å². The molecular weight excluding hydrogens is 260 g/mol. The van der Waals surface area contributed by atoms with E-state index in [4.69, 9.17) is 9.84 Å². The SMILES string of the molecule is CC1Cc2cc(C(=O)c3nc[nH]c3C(=O)O)ccc2O1. The van der Waals surface area contributed by atoms with E-state index in [0.717, 1.165) is 17.7 Å². The minimum Gasteiger partial charge on any atom is -0.490 e. The summed E-state index contributed by atoms with van der Waals surface area (Å²) in [5.41, 5.74) is 1.09. The van der Waals surface area contributed by atoms with Gasteiger partial charge in [-0.2, -0.15) is 0 Å². The Morgan fingerprint density at radius 3 is 3.00 bits per heavy atom. The number of aromatic carboxylic acids is 1. The van der Waals surface area contributed by atoms with Gasteiger partial charge in [-0.25, -0.2) is 9.78 Å². The standard InChI is InChI=1S/C14H12N2O4/c1-7-4-9-5-8(2-3-10(9)20-7)13(17)11-12(14(18)19)16-6-15-11/h2-3,5-7H,4H2,1H3,(H,15,16)(H,18,19). The predicted octanol–water partition coefficient (Wildman–Crippen LogP) is 1.66. The van der Waals surface area contributed by atoms with E-state index in [0.29, 0.717) is 5.56 Å². The number of rotatable bonds is 3. The number of imidazole rings is 1.